The van der Waals surface area contributed by atoms with E-state index in [2.05, 4.69) is 46.5 Å². The number of likely N-dealkylation sites (N-methyl/N-ethyl adjacent to an activating group) is 1. The summed E-state index contributed by atoms with van der Waals surface area (Å²) < 4.78 is 1.89. The highest BCUT2D eigenvalue weighted by molar-refractivity contribution is 5.76. The summed E-state index contributed by atoms with van der Waals surface area (Å²) in [6.45, 7) is 1.85. The predicted octanol–water partition coefficient (Wildman–Crippen LogP) is 2.72. The molecule has 0 spiro atoms. The smallest absolute Gasteiger partial charge is 0.240 e. The summed E-state index contributed by atoms with van der Waals surface area (Å²) in [6.07, 6.45) is 4.56. The van der Waals surface area contributed by atoms with Crippen molar-refractivity contribution in [1.29, 1.82) is 0 Å². The van der Waals surface area contributed by atoms with Crippen LogP contribution in [0.2, 0.25) is 0 Å². The summed E-state index contributed by atoms with van der Waals surface area (Å²) >= 11 is 0. The van der Waals surface area contributed by atoms with E-state index in [1.54, 1.807) is 6.20 Å². The number of rotatable bonds is 5. The summed E-state index contributed by atoms with van der Waals surface area (Å²) in [5.74, 6) is 0.826. The number of hydrogen-bond acceptors (Lipinski definition) is 3. The Kier molecular flexibility index (Phi) is 5.03. The van der Waals surface area contributed by atoms with Crippen molar-refractivity contribution in [2.24, 2.45) is 0 Å². The quantitative estimate of drug-likeness (QED) is 0.761. The molecule has 0 unspecified atom stereocenters. The Morgan fingerprint density at radius 2 is 1.85 bits per heavy atom. The van der Waals surface area contributed by atoms with Crippen LogP contribution in [-0.4, -0.2) is 40.0 Å². The molecule has 4 rings (SSSR count). The standard InChI is InChI=1S/C22H24N4O/c1-25-15-19-10-6-5-9-18(19)13-20(25)14-24-21(27)16-26-12-11-23-22(26)17-7-3-2-4-8-17/h2-12,20H,13-16H2,1H3,(H,24,27)/t20-/m0/s1. The first-order chi connectivity index (χ1) is 13.2. The molecule has 2 aromatic carbocycles. The van der Waals surface area contributed by atoms with Gasteiger partial charge in [-0.15, -0.1) is 0 Å². The second kappa shape index (κ2) is 7.76. The predicted molar refractivity (Wildman–Crippen MR) is 106 cm³/mol. The molecule has 27 heavy (non-hydrogen) atoms. The fraction of sp³-hybridized carbons (Fsp3) is 0.273. The molecule has 5 nitrogen and oxygen atoms in total. The van der Waals surface area contributed by atoms with E-state index in [1.807, 2.05) is 41.1 Å². The molecule has 0 fully saturated rings. The van der Waals surface area contributed by atoms with Crippen LogP contribution in [-0.2, 0) is 24.3 Å². The number of carbonyl (C=O) groups excluding carboxylic acids is 1. The summed E-state index contributed by atoms with van der Waals surface area (Å²) in [4.78, 5) is 19.2. The summed E-state index contributed by atoms with van der Waals surface area (Å²) in [5.41, 5.74) is 3.78. The van der Waals surface area contributed by atoms with Gasteiger partial charge < -0.3 is 9.88 Å². The summed E-state index contributed by atoms with van der Waals surface area (Å²) in [6, 6.07) is 18.8. The zero-order chi connectivity index (χ0) is 18.6. The fourth-order valence-corrected chi connectivity index (χ4v) is 3.67. The van der Waals surface area contributed by atoms with Crippen molar-refractivity contribution in [1.82, 2.24) is 19.8 Å². The number of imidazole rings is 1. The largest absolute Gasteiger partial charge is 0.353 e. The van der Waals surface area contributed by atoms with Crippen LogP contribution < -0.4 is 5.32 Å². The molecular weight excluding hydrogens is 336 g/mol. The molecule has 1 aromatic heterocycles. The maximum Gasteiger partial charge on any atom is 0.240 e. The Balaban J connectivity index is 1.37. The monoisotopic (exact) mass is 360 g/mol. The third kappa shape index (κ3) is 3.93. The third-order valence-corrected chi connectivity index (χ3v) is 5.21. The topological polar surface area (TPSA) is 50.2 Å². The average Bonchev–Trinajstić information content (AvgIpc) is 3.15. The third-order valence-electron chi connectivity index (χ3n) is 5.21. The fourth-order valence-electron chi connectivity index (χ4n) is 3.67. The zero-order valence-corrected chi connectivity index (χ0v) is 15.5. The molecular formula is C22H24N4O. The Morgan fingerprint density at radius 3 is 2.67 bits per heavy atom. The molecule has 1 aliphatic rings. The Labute approximate surface area is 159 Å². The minimum atomic E-state index is 0.0115. The molecule has 1 aliphatic heterocycles. The van der Waals surface area contributed by atoms with E-state index in [4.69, 9.17) is 0 Å². The number of nitrogens with one attached hydrogen (secondary N) is 1. The van der Waals surface area contributed by atoms with Crippen molar-refractivity contribution in [3.63, 3.8) is 0 Å². The Bertz CT molecular complexity index is 919. The second-order valence-electron chi connectivity index (χ2n) is 7.09. The molecule has 1 N–H and O–H groups in total. The van der Waals surface area contributed by atoms with Gasteiger partial charge in [0.15, 0.2) is 0 Å². The van der Waals surface area contributed by atoms with Crippen molar-refractivity contribution >= 4 is 5.91 Å². The zero-order valence-electron chi connectivity index (χ0n) is 15.5. The number of hydrogen-bond donors (Lipinski definition) is 1. The molecule has 2 heterocycles. The number of amides is 1. The second-order valence-corrected chi connectivity index (χ2v) is 7.09. The first-order valence-electron chi connectivity index (χ1n) is 9.31. The van der Waals surface area contributed by atoms with Crippen LogP contribution in [0.1, 0.15) is 11.1 Å². The van der Waals surface area contributed by atoms with E-state index in [1.165, 1.54) is 11.1 Å². The molecule has 5 heteroatoms. The van der Waals surface area contributed by atoms with Crippen LogP contribution in [0.3, 0.4) is 0 Å². The minimum Gasteiger partial charge on any atom is -0.353 e. The Hall–Kier alpha value is -2.92. The molecule has 0 saturated heterocycles. The van der Waals surface area contributed by atoms with Gasteiger partial charge in [-0.05, 0) is 24.6 Å². The molecule has 3 aromatic rings. The maximum absolute atomic E-state index is 12.5. The van der Waals surface area contributed by atoms with Crippen molar-refractivity contribution in [3.8, 4) is 11.4 Å². The lowest BCUT2D eigenvalue weighted by Gasteiger charge is -2.34. The maximum atomic E-state index is 12.5. The minimum absolute atomic E-state index is 0.0115. The van der Waals surface area contributed by atoms with E-state index < -0.39 is 0 Å². The van der Waals surface area contributed by atoms with Crippen LogP contribution in [0.25, 0.3) is 11.4 Å². The lowest BCUT2D eigenvalue weighted by Crippen LogP contribution is -2.46. The number of carbonyl (C=O) groups is 1. The van der Waals surface area contributed by atoms with Gasteiger partial charge in [0.1, 0.15) is 12.4 Å². The summed E-state index contributed by atoms with van der Waals surface area (Å²) in [7, 11) is 2.12. The lowest BCUT2D eigenvalue weighted by molar-refractivity contribution is -0.121. The SMILES string of the molecule is CN1Cc2ccccc2C[C@H]1CNC(=O)Cn1ccnc1-c1ccccc1. The van der Waals surface area contributed by atoms with E-state index in [-0.39, 0.29) is 12.5 Å². The van der Waals surface area contributed by atoms with Crippen LogP contribution >= 0.6 is 0 Å². The first-order valence-corrected chi connectivity index (χ1v) is 9.31. The molecule has 138 valence electrons. The van der Waals surface area contributed by atoms with Crippen molar-refractivity contribution in [2.45, 2.75) is 25.6 Å². The number of nitrogens with zero attached hydrogens (tertiary/aromatic N) is 3. The van der Waals surface area contributed by atoms with Gasteiger partial charge in [-0.3, -0.25) is 9.69 Å². The van der Waals surface area contributed by atoms with E-state index >= 15 is 0 Å². The number of fused-ring (bicyclic) bond motifs is 1. The first kappa shape index (κ1) is 17.5. The van der Waals surface area contributed by atoms with E-state index in [9.17, 15) is 4.79 Å². The van der Waals surface area contributed by atoms with Gasteiger partial charge in [0.05, 0.1) is 0 Å². The van der Waals surface area contributed by atoms with Crippen LogP contribution in [0, 0.1) is 0 Å². The van der Waals surface area contributed by atoms with Crippen molar-refractivity contribution in [2.75, 3.05) is 13.6 Å². The highest BCUT2D eigenvalue weighted by atomic mass is 16.1. The summed E-state index contributed by atoms with van der Waals surface area (Å²) in [5, 5.41) is 3.10. The number of aromatic nitrogens is 2. The van der Waals surface area contributed by atoms with Gasteiger partial charge >= 0.3 is 0 Å². The van der Waals surface area contributed by atoms with Crippen molar-refractivity contribution < 1.29 is 4.79 Å². The van der Waals surface area contributed by atoms with Gasteiger partial charge in [-0.1, -0.05) is 54.6 Å². The molecule has 1 amide bonds. The Morgan fingerprint density at radius 1 is 1.11 bits per heavy atom. The van der Waals surface area contributed by atoms with Gasteiger partial charge in [-0.2, -0.15) is 0 Å². The van der Waals surface area contributed by atoms with Gasteiger partial charge in [0.2, 0.25) is 5.91 Å². The normalized spacial score (nSPS) is 16.7. The van der Waals surface area contributed by atoms with Gasteiger partial charge in [0.25, 0.3) is 0 Å². The molecule has 0 aliphatic carbocycles. The van der Waals surface area contributed by atoms with E-state index in [0.29, 0.717) is 12.6 Å². The number of benzene rings is 2. The van der Waals surface area contributed by atoms with E-state index in [0.717, 1.165) is 24.4 Å². The molecule has 1 atom stereocenters. The molecule has 0 radical (unpaired) electrons. The highest BCUT2D eigenvalue weighted by Crippen LogP contribution is 2.21. The van der Waals surface area contributed by atoms with Crippen molar-refractivity contribution in [3.05, 3.63) is 78.1 Å². The van der Waals surface area contributed by atoms with Crippen LogP contribution in [0.4, 0.5) is 0 Å². The van der Waals surface area contributed by atoms with Crippen LogP contribution in [0.5, 0.6) is 0 Å². The molecule has 0 saturated carbocycles. The average molecular weight is 360 g/mol. The van der Waals surface area contributed by atoms with Crippen LogP contribution in [0.15, 0.2) is 67.0 Å². The highest BCUT2D eigenvalue weighted by Gasteiger charge is 2.23. The van der Waals surface area contributed by atoms with Gasteiger partial charge in [0, 0.05) is 37.1 Å². The van der Waals surface area contributed by atoms with Gasteiger partial charge in [-0.25, -0.2) is 4.98 Å². The molecule has 0 bridgehead atoms. The lowest BCUT2D eigenvalue weighted by atomic mass is 9.94.